The lowest BCUT2D eigenvalue weighted by Crippen LogP contribution is -2.36. The van der Waals surface area contributed by atoms with Gasteiger partial charge in [-0.3, -0.25) is 0 Å². The molecule has 0 amide bonds. The van der Waals surface area contributed by atoms with Crippen molar-refractivity contribution in [3.63, 3.8) is 0 Å². The van der Waals surface area contributed by atoms with Crippen LogP contribution >= 0.6 is 0 Å². The summed E-state index contributed by atoms with van der Waals surface area (Å²) in [7, 11) is -1.54. The van der Waals surface area contributed by atoms with Gasteiger partial charge in [0.15, 0.2) is 8.32 Å². The van der Waals surface area contributed by atoms with Crippen molar-refractivity contribution in [2.75, 3.05) is 6.61 Å². The standard InChI is InChI=1S/C13H24OSi/c1-6-14-15(4,5)12(3)13-9-7-11(2)8-10-13/h7,9-12H,6,8H2,1-5H3. The molecular formula is C13H24OSi. The van der Waals surface area contributed by atoms with E-state index in [9.17, 15) is 0 Å². The van der Waals surface area contributed by atoms with E-state index in [4.69, 9.17) is 4.43 Å². The SMILES string of the molecule is CCO[Si](C)(C)C(C)C1=CCC(C)C=C1. The second-order valence-corrected chi connectivity index (χ2v) is 9.40. The fourth-order valence-electron chi connectivity index (χ4n) is 1.96. The Hall–Kier alpha value is -0.343. The third-order valence-electron chi connectivity index (χ3n) is 3.40. The zero-order valence-electron chi connectivity index (χ0n) is 10.7. The molecule has 0 aliphatic heterocycles. The van der Waals surface area contributed by atoms with Gasteiger partial charge in [0.05, 0.1) is 0 Å². The zero-order valence-corrected chi connectivity index (χ0v) is 11.7. The second kappa shape index (κ2) is 5.13. The summed E-state index contributed by atoms with van der Waals surface area (Å²) < 4.78 is 5.94. The lowest BCUT2D eigenvalue weighted by atomic mass is 9.97. The molecule has 2 unspecified atom stereocenters. The van der Waals surface area contributed by atoms with Crippen molar-refractivity contribution in [3.05, 3.63) is 23.8 Å². The minimum absolute atomic E-state index is 0.598. The third-order valence-corrected chi connectivity index (χ3v) is 6.85. The van der Waals surface area contributed by atoms with Gasteiger partial charge in [-0.25, -0.2) is 0 Å². The van der Waals surface area contributed by atoms with Gasteiger partial charge >= 0.3 is 0 Å². The van der Waals surface area contributed by atoms with E-state index in [0.717, 1.165) is 6.61 Å². The van der Waals surface area contributed by atoms with Crippen LogP contribution in [0, 0.1) is 5.92 Å². The molecule has 15 heavy (non-hydrogen) atoms. The normalized spacial score (nSPS) is 23.8. The number of hydrogen-bond donors (Lipinski definition) is 0. The summed E-state index contributed by atoms with van der Waals surface area (Å²) in [5.74, 6) is 0.706. The molecule has 0 spiro atoms. The van der Waals surface area contributed by atoms with E-state index < -0.39 is 8.32 Å². The first kappa shape index (κ1) is 12.7. The van der Waals surface area contributed by atoms with Gasteiger partial charge in [-0.1, -0.05) is 32.1 Å². The molecule has 1 aliphatic carbocycles. The molecule has 1 rings (SSSR count). The van der Waals surface area contributed by atoms with Crippen molar-refractivity contribution in [3.8, 4) is 0 Å². The summed E-state index contributed by atoms with van der Waals surface area (Å²) in [6.07, 6.45) is 8.20. The van der Waals surface area contributed by atoms with E-state index in [1.54, 1.807) is 0 Å². The predicted octanol–water partition coefficient (Wildman–Crippen LogP) is 4.14. The van der Waals surface area contributed by atoms with E-state index in [0.29, 0.717) is 11.5 Å². The Bertz CT molecular complexity index is 266. The lowest BCUT2D eigenvalue weighted by Gasteiger charge is -2.31. The Morgan fingerprint density at radius 3 is 2.67 bits per heavy atom. The first-order valence-corrected chi connectivity index (χ1v) is 8.98. The average Bonchev–Trinajstić information content (AvgIpc) is 2.18. The largest absolute Gasteiger partial charge is 0.417 e. The number of hydrogen-bond acceptors (Lipinski definition) is 1. The highest BCUT2D eigenvalue weighted by atomic mass is 28.4. The molecule has 0 aromatic heterocycles. The van der Waals surface area contributed by atoms with Crippen LogP contribution in [0.15, 0.2) is 23.8 Å². The van der Waals surface area contributed by atoms with Crippen molar-refractivity contribution in [1.82, 2.24) is 0 Å². The first-order valence-electron chi connectivity index (χ1n) is 5.99. The van der Waals surface area contributed by atoms with Crippen molar-refractivity contribution < 1.29 is 4.43 Å². The molecule has 1 aliphatic rings. The molecule has 0 N–H and O–H groups in total. The van der Waals surface area contributed by atoms with E-state index in [2.05, 4.69) is 52.1 Å². The Morgan fingerprint density at radius 1 is 1.53 bits per heavy atom. The number of allylic oxidation sites excluding steroid dienone is 4. The average molecular weight is 224 g/mol. The summed E-state index contributed by atoms with van der Waals surface area (Å²) in [6, 6.07) is 0. The van der Waals surface area contributed by atoms with Crippen LogP contribution in [0.3, 0.4) is 0 Å². The van der Waals surface area contributed by atoms with Crippen LogP contribution in [0.5, 0.6) is 0 Å². The minimum atomic E-state index is -1.54. The van der Waals surface area contributed by atoms with Crippen LogP contribution in [0.1, 0.15) is 27.2 Å². The first-order chi connectivity index (χ1) is 6.97. The quantitative estimate of drug-likeness (QED) is 0.652. The topological polar surface area (TPSA) is 9.23 Å². The van der Waals surface area contributed by atoms with Crippen LogP contribution in [0.2, 0.25) is 18.6 Å². The zero-order chi connectivity index (χ0) is 11.5. The fourth-order valence-corrected chi connectivity index (χ4v) is 3.97. The van der Waals surface area contributed by atoms with Crippen molar-refractivity contribution in [1.29, 1.82) is 0 Å². The molecule has 1 nitrogen and oxygen atoms in total. The Morgan fingerprint density at radius 2 is 2.20 bits per heavy atom. The van der Waals surface area contributed by atoms with Gasteiger partial charge in [-0.05, 0) is 43.5 Å². The molecule has 2 heteroatoms. The van der Waals surface area contributed by atoms with Gasteiger partial charge in [-0.2, -0.15) is 0 Å². The summed E-state index contributed by atoms with van der Waals surface area (Å²) in [5.41, 5.74) is 2.08. The van der Waals surface area contributed by atoms with Gasteiger partial charge in [0.2, 0.25) is 0 Å². The van der Waals surface area contributed by atoms with E-state index in [1.807, 2.05) is 0 Å². The van der Waals surface area contributed by atoms with Gasteiger partial charge in [0.1, 0.15) is 0 Å². The fraction of sp³-hybridized carbons (Fsp3) is 0.692. The summed E-state index contributed by atoms with van der Waals surface area (Å²) >= 11 is 0. The van der Waals surface area contributed by atoms with Gasteiger partial charge in [-0.15, -0.1) is 0 Å². The van der Waals surface area contributed by atoms with E-state index >= 15 is 0 Å². The molecule has 0 fully saturated rings. The van der Waals surface area contributed by atoms with Crippen LogP contribution in [0.25, 0.3) is 0 Å². The summed E-state index contributed by atoms with van der Waals surface area (Å²) in [5, 5.41) is 0. The Kier molecular flexibility index (Phi) is 4.35. The molecule has 0 saturated carbocycles. The highest BCUT2D eigenvalue weighted by molar-refractivity contribution is 6.73. The molecule has 2 atom stereocenters. The molecule has 0 aromatic rings. The molecule has 86 valence electrons. The third kappa shape index (κ3) is 3.32. The molecule has 0 aromatic carbocycles. The van der Waals surface area contributed by atoms with Crippen molar-refractivity contribution in [2.24, 2.45) is 5.92 Å². The minimum Gasteiger partial charge on any atom is -0.417 e. The number of rotatable bonds is 4. The Balaban J connectivity index is 2.68. The molecule has 0 bridgehead atoms. The maximum absolute atomic E-state index is 5.94. The highest BCUT2D eigenvalue weighted by Gasteiger charge is 2.31. The van der Waals surface area contributed by atoms with E-state index in [1.165, 1.54) is 12.0 Å². The summed E-state index contributed by atoms with van der Waals surface area (Å²) in [6.45, 7) is 12.1. The van der Waals surface area contributed by atoms with Crippen LogP contribution in [0.4, 0.5) is 0 Å². The van der Waals surface area contributed by atoms with Crippen molar-refractivity contribution >= 4 is 8.32 Å². The van der Waals surface area contributed by atoms with Gasteiger partial charge < -0.3 is 4.43 Å². The Labute approximate surface area is 95.4 Å². The molecule has 0 saturated heterocycles. The molecule has 0 heterocycles. The maximum atomic E-state index is 5.94. The van der Waals surface area contributed by atoms with Gasteiger partial charge in [0, 0.05) is 6.61 Å². The predicted molar refractivity (Wildman–Crippen MR) is 69.5 cm³/mol. The molecular weight excluding hydrogens is 200 g/mol. The summed E-state index contributed by atoms with van der Waals surface area (Å²) in [4.78, 5) is 0. The lowest BCUT2D eigenvalue weighted by molar-refractivity contribution is 0.324. The maximum Gasteiger partial charge on any atom is 0.193 e. The monoisotopic (exact) mass is 224 g/mol. The van der Waals surface area contributed by atoms with Gasteiger partial charge in [0.25, 0.3) is 0 Å². The molecule has 0 radical (unpaired) electrons. The highest BCUT2D eigenvalue weighted by Crippen LogP contribution is 2.33. The second-order valence-electron chi connectivity index (χ2n) is 5.03. The van der Waals surface area contributed by atoms with Crippen molar-refractivity contribution in [2.45, 2.75) is 45.8 Å². The van der Waals surface area contributed by atoms with Crippen LogP contribution < -0.4 is 0 Å². The van der Waals surface area contributed by atoms with Crippen LogP contribution in [-0.2, 0) is 4.43 Å². The smallest absolute Gasteiger partial charge is 0.193 e. The van der Waals surface area contributed by atoms with Crippen LogP contribution in [-0.4, -0.2) is 14.9 Å². The van der Waals surface area contributed by atoms with E-state index in [-0.39, 0.29) is 0 Å².